The minimum atomic E-state index is -0.567. The molecule has 1 aliphatic rings. The van der Waals surface area contributed by atoms with Crippen molar-refractivity contribution in [1.82, 2.24) is 19.9 Å². The number of nitrogens with zero attached hydrogens (tertiary/aromatic N) is 3. The number of hydrogen-bond donors (Lipinski definition) is 1. The van der Waals surface area contributed by atoms with Crippen LogP contribution in [-0.2, 0) is 11.3 Å². The summed E-state index contributed by atoms with van der Waals surface area (Å²) in [7, 11) is 0. The Hall–Kier alpha value is -4.13. The summed E-state index contributed by atoms with van der Waals surface area (Å²) in [5, 5.41) is 0.894. The third-order valence-corrected chi connectivity index (χ3v) is 6.02. The summed E-state index contributed by atoms with van der Waals surface area (Å²) >= 11 is 0. The van der Waals surface area contributed by atoms with Crippen LogP contribution in [0.2, 0.25) is 0 Å². The third-order valence-electron chi connectivity index (χ3n) is 6.02. The molecule has 0 bridgehead atoms. The first kappa shape index (κ1) is 23.6. The fraction of sp³-hybridized carbons (Fsp3) is 0.276. The fourth-order valence-electron chi connectivity index (χ4n) is 4.30. The molecule has 1 atom stereocenters. The summed E-state index contributed by atoms with van der Waals surface area (Å²) in [6, 6.07) is 19.9. The molecule has 1 amide bonds. The van der Waals surface area contributed by atoms with Crippen molar-refractivity contribution in [2.75, 3.05) is 6.54 Å². The van der Waals surface area contributed by atoms with Crippen molar-refractivity contribution in [3.63, 3.8) is 0 Å². The molecule has 5 rings (SSSR count). The molecule has 0 fully saturated rings. The lowest BCUT2D eigenvalue weighted by Crippen LogP contribution is -2.40. The Morgan fingerprint density at radius 1 is 1.06 bits per heavy atom. The van der Waals surface area contributed by atoms with Crippen molar-refractivity contribution in [2.24, 2.45) is 0 Å². The van der Waals surface area contributed by atoms with Crippen LogP contribution in [-0.4, -0.2) is 38.1 Å². The van der Waals surface area contributed by atoms with Gasteiger partial charge in [-0.05, 0) is 68.7 Å². The predicted octanol–water partition coefficient (Wildman–Crippen LogP) is 6.44. The molecular weight excluding hydrogens is 452 g/mol. The quantitative estimate of drug-likeness (QED) is 0.331. The molecule has 0 radical (unpaired) electrons. The van der Waals surface area contributed by atoms with Crippen molar-refractivity contribution in [2.45, 2.75) is 45.4 Å². The highest BCUT2D eigenvalue weighted by Gasteiger charge is 2.32. The number of fused-ring (bicyclic) bond motifs is 1. The van der Waals surface area contributed by atoms with Gasteiger partial charge in [0.1, 0.15) is 29.9 Å². The average molecular weight is 483 g/mol. The molecule has 4 aromatic rings. The number of ether oxygens (including phenoxy) is 2. The van der Waals surface area contributed by atoms with Gasteiger partial charge < -0.3 is 14.5 Å². The number of amides is 1. The summed E-state index contributed by atoms with van der Waals surface area (Å²) in [5.74, 6) is 0.807. The number of H-pyrrole nitrogens is 1. The van der Waals surface area contributed by atoms with Gasteiger partial charge >= 0.3 is 6.09 Å². The highest BCUT2D eigenvalue weighted by atomic mass is 16.6. The van der Waals surface area contributed by atoms with Crippen molar-refractivity contribution in [3.8, 4) is 17.0 Å². The van der Waals surface area contributed by atoms with E-state index in [9.17, 15) is 4.79 Å². The Balaban J connectivity index is 1.38. The topological polar surface area (TPSA) is 80.3 Å². The van der Waals surface area contributed by atoms with Gasteiger partial charge in [0.15, 0.2) is 0 Å². The van der Waals surface area contributed by atoms with E-state index in [0.717, 1.165) is 39.3 Å². The minimum Gasteiger partial charge on any atom is -0.489 e. The van der Waals surface area contributed by atoms with E-state index in [1.165, 1.54) is 0 Å². The molecule has 1 N–H and O–H groups in total. The van der Waals surface area contributed by atoms with Gasteiger partial charge in [0.25, 0.3) is 0 Å². The Morgan fingerprint density at radius 3 is 2.58 bits per heavy atom. The zero-order valence-corrected chi connectivity index (χ0v) is 20.8. The summed E-state index contributed by atoms with van der Waals surface area (Å²) in [4.78, 5) is 27.1. The molecule has 2 aromatic carbocycles. The number of carbonyl (C=O) groups is 1. The van der Waals surface area contributed by atoms with E-state index in [4.69, 9.17) is 9.47 Å². The maximum absolute atomic E-state index is 12.9. The highest BCUT2D eigenvalue weighted by molar-refractivity contribution is 5.85. The number of aromatic nitrogens is 3. The van der Waals surface area contributed by atoms with Gasteiger partial charge in [-0.1, -0.05) is 42.5 Å². The lowest BCUT2D eigenvalue weighted by atomic mass is 10.0. The number of rotatable bonds is 5. The van der Waals surface area contributed by atoms with E-state index in [1.807, 2.05) is 81.4 Å². The lowest BCUT2D eigenvalue weighted by molar-refractivity contribution is 0.0173. The predicted molar refractivity (Wildman–Crippen MR) is 140 cm³/mol. The Bertz CT molecular complexity index is 1370. The Labute approximate surface area is 210 Å². The van der Waals surface area contributed by atoms with E-state index in [-0.39, 0.29) is 12.1 Å². The second-order valence-corrected chi connectivity index (χ2v) is 9.86. The van der Waals surface area contributed by atoms with E-state index in [2.05, 4.69) is 27.1 Å². The molecule has 7 nitrogen and oxygen atoms in total. The maximum Gasteiger partial charge on any atom is 0.411 e. The van der Waals surface area contributed by atoms with Gasteiger partial charge in [-0.25, -0.2) is 14.8 Å². The lowest BCUT2D eigenvalue weighted by Gasteiger charge is -2.34. The van der Waals surface area contributed by atoms with Crippen molar-refractivity contribution in [3.05, 3.63) is 90.4 Å². The minimum absolute atomic E-state index is 0.229. The number of benzene rings is 2. The van der Waals surface area contributed by atoms with Crippen molar-refractivity contribution in [1.29, 1.82) is 0 Å². The van der Waals surface area contributed by atoms with E-state index in [1.54, 1.807) is 11.2 Å². The summed E-state index contributed by atoms with van der Waals surface area (Å²) < 4.78 is 11.6. The molecular formula is C29H30N4O3. The number of aromatic amines is 1. The summed E-state index contributed by atoms with van der Waals surface area (Å²) in [5.41, 5.74) is 4.04. The molecule has 2 aromatic heterocycles. The SMILES string of the molecule is CC(C)(C)OC(=O)N1CC=CCC1c1ncnc2[nH]c(-c3ccc(OCc4ccccc4)cc3)cc12. The zero-order valence-electron chi connectivity index (χ0n) is 20.8. The van der Waals surface area contributed by atoms with Crippen LogP contribution in [0.3, 0.4) is 0 Å². The normalized spacial score (nSPS) is 15.8. The Morgan fingerprint density at radius 2 is 1.83 bits per heavy atom. The molecule has 1 unspecified atom stereocenters. The van der Waals surface area contributed by atoms with Crippen molar-refractivity contribution >= 4 is 17.1 Å². The molecule has 1 aliphatic heterocycles. The van der Waals surface area contributed by atoms with E-state index in [0.29, 0.717) is 19.6 Å². The van der Waals surface area contributed by atoms with Crippen LogP contribution in [0.15, 0.2) is 79.1 Å². The van der Waals surface area contributed by atoms with Gasteiger partial charge in [0.05, 0.1) is 11.7 Å². The fourth-order valence-corrected chi connectivity index (χ4v) is 4.30. The summed E-state index contributed by atoms with van der Waals surface area (Å²) in [6.07, 6.45) is 5.94. The van der Waals surface area contributed by atoms with Crippen LogP contribution in [0, 0.1) is 0 Å². The van der Waals surface area contributed by atoms with Crippen LogP contribution in [0.1, 0.15) is 44.5 Å². The first-order valence-corrected chi connectivity index (χ1v) is 12.1. The summed E-state index contributed by atoms with van der Waals surface area (Å²) in [6.45, 7) is 6.62. The average Bonchev–Trinajstić information content (AvgIpc) is 3.32. The van der Waals surface area contributed by atoms with Crippen LogP contribution in [0.5, 0.6) is 5.75 Å². The molecule has 3 heterocycles. The first-order chi connectivity index (χ1) is 17.4. The van der Waals surface area contributed by atoms with Crippen LogP contribution < -0.4 is 4.74 Å². The largest absolute Gasteiger partial charge is 0.489 e. The maximum atomic E-state index is 12.9. The van der Waals surface area contributed by atoms with Crippen LogP contribution in [0.25, 0.3) is 22.3 Å². The molecule has 0 saturated heterocycles. The first-order valence-electron chi connectivity index (χ1n) is 12.1. The van der Waals surface area contributed by atoms with Crippen LogP contribution >= 0.6 is 0 Å². The third kappa shape index (κ3) is 5.25. The molecule has 184 valence electrons. The highest BCUT2D eigenvalue weighted by Crippen LogP contribution is 2.34. The second-order valence-electron chi connectivity index (χ2n) is 9.86. The Kier molecular flexibility index (Phi) is 6.46. The van der Waals surface area contributed by atoms with Gasteiger partial charge in [0.2, 0.25) is 0 Å². The number of nitrogens with one attached hydrogen (secondary N) is 1. The smallest absolute Gasteiger partial charge is 0.411 e. The van der Waals surface area contributed by atoms with Gasteiger partial charge in [0, 0.05) is 17.6 Å². The standard InChI is InChI=1S/C29H30N4O3/c1-29(2,3)36-28(34)33-16-8-7-11-25(33)26-23-17-24(32-27(23)31-19-30-26)21-12-14-22(15-13-21)35-18-20-9-5-4-6-10-20/h4-10,12-15,17,19,25H,11,16,18H2,1-3H3,(H,30,31,32). The monoisotopic (exact) mass is 482 g/mol. The van der Waals surface area contributed by atoms with Gasteiger partial charge in [-0.15, -0.1) is 0 Å². The second kappa shape index (κ2) is 9.85. The zero-order chi connectivity index (χ0) is 25.1. The van der Waals surface area contributed by atoms with E-state index >= 15 is 0 Å². The molecule has 36 heavy (non-hydrogen) atoms. The molecule has 7 heteroatoms. The molecule has 0 aliphatic carbocycles. The van der Waals surface area contributed by atoms with Crippen LogP contribution in [0.4, 0.5) is 4.79 Å². The number of carbonyl (C=O) groups excluding carboxylic acids is 1. The van der Waals surface area contributed by atoms with Crippen molar-refractivity contribution < 1.29 is 14.3 Å². The number of hydrogen-bond acceptors (Lipinski definition) is 5. The molecule has 0 spiro atoms. The molecule has 0 saturated carbocycles. The van der Waals surface area contributed by atoms with Gasteiger partial charge in [-0.3, -0.25) is 4.90 Å². The van der Waals surface area contributed by atoms with Gasteiger partial charge in [-0.2, -0.15) is 0 Å². The van der Waals surface area contributed by atoms with E-state index < -0.39 is 5.60 Å².